The highest BCUT2D eigenvalue weighted by atomic mass is 32.2. The number of hydrogen-bond donors (Lipinski definition) is 1. The number of phenols is 1. The second-order valence-electron chi connectivity index (χ2n) is 15.1. The molecule has 0 aromatic heterocycles. The maximum atomic E-state index is 12.4. The third-order valence-corrected chi connectivity index (χ3v) is 13.1. The van der Waals surface area contributed by atoms with Crippen molar-refractivity contribution in [2.24, 2.45) is 52.3 Å². The van der Waals surface area contributed by atoms with Crippen molar-refractivity contribution in [3.63, 3.8) is 0 Å². The molecule has 1 aromatic rings. The van der Waals surface area contributed by atoms with E-state index in [4.69, 9.17) is 4.18 Å². The van der Waals surface area contributed by atoms with Crippen LogP contribution in [0.15, 0.2) is 24.3 Å². The Morgan fingerprint density at radius 2 is 1.69 bits per heavy atom. The Morgan fingerprint density at radius 3 is 2.38 bits per heavy atom. The summed E-state index contributed by atoms with van der Waals surface area (Å²) in [6.07, 6.45) is 14.4. The van der Waals surface area contributed by atoms with E-state index in [-0.39, 0.29) is 17.1 Å². The molecule has 4 saturated carbocycles. The van der Waals surface area contributed by atoms with Crippen LogP contribution in [0.4, 0.5) is 0 Å². The van der Waals surface area contributed by atoms with Gasteiger partial charge in [-0.3, -0.25) is 4.18 Å². The summed E-state index contributed by atoms with van der Waals surface area (Å²) in [5.74, 6) is 5.35. The summed E-state index contributed by atoms with van der Waals surface area (Å²) >= 11 is 0. The van der Waals surface area contributed by atoms with E-state index < -0.39 is 16.2 Å². The van der Waals surface area contributed by atoms with Gasteiger partial charge in [-0.25, -0.2) is 0 Å². The molecule has 39 heavy (non-hydrogen) atoms. The van der Waals surface area contributed by atoms with Gasteiger partial charge >= 0.3 is 0 Å². The second-order valence-corrected chi connectivity index (χ2v) is 16.7. The Morgan fingerprint density at radius 1 is 0.974 bits per heavy atom. The monoisotopic (exact) mass is 558 g/mol. The number of phenolic OH excluding ortho intramolecular Hbond substituents is 1. The Hall–Kier alpha value is -1.07. The van der Waals surface area contributed by atoms with Crippen molar-refractivity contribution in [2.75, 3.05) is 6.26 Å². The molecule has 4 nitrogen and oxygen atoms in total. The Balaban J connectivity index is 1.37. The first-order valence-electron chi connectivity index (χ1n) is 16.0. The van der Waals surface area contributed by atoms with Crippen LogP contribution < -0.4 is 0 Å². The first-order valence-corrected chi connectivity index (χ1v) is 17.8. The maximum Gasteiger partial charge on any atom is 0.264 e. The summed E-state index contributed by atoms with van der Waals surface area (Å²) in [4.78, 5) is 0. The van der Waals surface area contributed by atoms with Crippen LogP contribution in [0.25, 0.3) is 0 Å². The smallest absolute Gasteiger partial charge is 0.264 e. The lowest BCUT2D eigenvalue weighted by molar-refractivity contribution is -0.134. The van der Waals surface area contributed by atoms with Gasteiger partial charge < -0.3 is 5.11 Å². The summed E-state index contributed by atoms with van der Waals surface area (Å²) < 4.78 is 30.7. The molecule has 10 atom stereocenters. The number of hydrogen-bond acceptors (Lipinski definition) is 4. The van der Waals surface area contributed by atoms with Gasteiger partial charge in [0.05, 0.1) is 12.4 Å². The van der Waals surface area contributed by atoms with E-state index in [1.165, 1.54) is 64.0 Å². The first kappa shape index (κ1) is 29.4. The fourth-order valence-corrected chi connectivity index (χ4v) is 11.4. The Bertz CT molecular complexity index is 1110. The Labute approximate surface area is 238 Å². The number of benzene rings is 1. The molecule has 4 aliphatic carbocycles. The zero-order chi connectivity index (χ0) is 28.2. The molecular formula is C34H54O4S. The predicted octanol–water partition coefficient (Wildman–Crippen LogP) is 8.55. The zero-order valence-corrected chi connectivity index (χ0v) is 26.2. The highest BCUT2D eigenvalue weighted by Crippen LogP contribution is 2.69. The lowest BCUT2D eigenvalue weighted by Gasteiger charge is -2.62. The summed E-state index contributed by atoms with van der Waals surface area (Å²) in [5, 5.41) is 10.7. The summed E-state index contributed by atoms with van der Waals surface area (Å²) in [7, 11) is -3.61. The van der Waals surface area contributed by atoms with Crippen LogP contribution in [0.5, 0.6) is 5.75 Å². The molecule has 0 amide bonds. The molecule has 4 fully saturated rings. The molecule has 1 N–H and O–H groups in total. The van der Waals surface area contributed by atoms with E-state index in [2.05, 4.69) is 34.6 Å². The number of aromatic hydroxyl groups is 1. The third-order valence-electron chi connectivity index (χ3n) is 12.5. The van der Waals surface area contributed by atoms with Gasteiger partial charge in [-0.2, -0.15) is 8.42 Å². The number of rotatable bonds is 8. The first-order chi connectivity index (χ1) is 18.3. The van der Waals surface area contributed by atoms with E-state index in [1.54, 1.807) is 6.07 Å². The fraction of sp³-hybridized carbons (Fsp3) is 0.824. The SMILES string of the molecule is CC(C)CCC[C@@H](C)[C@H]1CC[C@H]2[C@@H]3CC[C@H]4C[C@H](c5ccccc5O)[C@@H](OS(C)(=O)=O)C[C@]4(C)[C@H]3CC[C@]12C. The van der Waals surface area contributed by atoms with Gasteiger partial charge in [-0.05, 0) is 115 Å². The molecule has 1 aromatic carbocycles. The van der Waals surface area contributed by atoms with Gasteiger partial charge in [-0.1, -0.05) is 72.1 Å². The molecule has 5 heteroatoms. The minimum atomic E-state index is -3.61. The van der Waals surface area contributed by atoms with Crippen LogP contribution in [0, 0.1) is 52.3 Å². The van der Waals surface area contributed by atoms with Gasteiger partial charge in [-0.15, -0.1) is 0 Å². The normalized spacial score (nSPS) is 41.1. The largest absolute Gasteiger partial charge is 0.508 e. The van der Waals surface area contributed by atoms with Crippen molar-refractivity contribution in [1.82, 2.24) is 0 Å². The molecule has 0 radical (unpaired) electrons. The molecule has 5 rings (SSSR count). The van der Waals surface area contributed by atoms with E-state index >= 15 is 0 Å². The van der Waals surface area contributed by atoms with Crippen LogP contribution in [0.1, 0.15) is 117 Å². The van der Waals surface area contributed by atoms with E-state index in [0.717, 1.165) is 48.0 Å². The van der Waals surface area contributed by atoms with Crippen LogP contribution in [0.3, 0.4) is 0 Å². The molecule has 4 aliphatic rings. The zero-order valence-electron chi connectivity index (χ0n) is 25.4. The lowest BCUT2D eigenvalue weighted by atomic mass is 9.43. The van der Waals surface area contributed by atoms with Gasteiger partial charge in [0, 0.05) is 5.92 Å². The van der Waals surface area contributed by atoms with Crippen molar-refractivity contribution < 1.29 is 17.7 Å². The highest BCUT2D eigenvalue weighted by Gasteiger charge is 2.62. The predicted molar refractivity (Wildman–Crippen MR) is 159 cm³/mol. The number of para-hydroxylation sites is 1. The van der Waals surface area contributed by atoms with Crippen molar-refractivity contribution in [3.05, 3.63) is 29.8 Å². The molecule has 220 valence electrons. The summed E-state index contributed by atoms with van der Waals surface area (Å²) in [6.45, 7) is 12.3. The molecular weight excluding hydrogens is 504 g/mol. The third kappa shape index (κ3) is 5.57. The summed E-state index contributed by atoms with van der Waals surface area (Å²) in [6, 6.07) is 7.46. The van der Waals surface area contributed by atoms with Gasteiger partial charge in [0.1, 0.15) is 5.75 Å². The van der Waals surface area contributed by atoms with Crippen LogP contribution in [0.2, 0.25) is 0 Å². The molecule has 0 heterocycles. The molecule has 0 aliphatic heterocycles. The Kier molecular flexibility index (Phi) is 8.27. The van der Waals surface area contributed by atoms with Crippen LogP contribution >= 0.6 is 0 Å². The van der Waals surface area contributed by atoms with Crippen molar-refractivity contribution in [1.29, 1.82) is 0 Å². The van der Waals surface area contributed by atoms with Crippen molar-refractivity contribution in [2.45, 2.75) is 117 Å². The summed E-state index contributed by atoms with van der Waals surface area (Å²) in [5.41, 5.74) is 1.38. The average Bonchev–Trinajstić information content (AvgIpc) is 3.20. The molecule has 0 spiro atoms. The molecule has 0 unspecified atom stereocenters. The lowest BCUT2D eigenvalue weighted by Crippen LogP contribution is -2.56. The van der Waals surface area contributed by atoms with Crippen LogP contribution in [-0.2, 0) is 14.3 Å². The molecule has 0 bridgehead atoms. The van der Waals surface area contributed by atoms with Gasteiger partial charge in [0.25, 0.3) is 10.1 Å². The standard InChI is InChI=1S/C34H54O4S/c1-22(2)10-9-11-23(3)28-16-17-29-26-15-14-24-20-27(25-12-7-8-13-31(25)35)32(38-39(6,36)37)21-34(24,5)30(26)18-19-33(28,29)4/h7-8,12-13,22-24,26-30,32,35H,9-11,14-21H2,1-6H3/t23-,24+,26+,27-,28-,29+,30+,32+,33-,34+/m1/s1. The fourth-order valence-electron chi connectivity index (χ4n) is 10.8. The average molecular weight is 559 g/mol. The van der Waals surface area contributed by atoms with E-state index in [1.807, 2.05) is 18.2 Å². The highest BCUT2D eigenvalue weighted by molar-refractivity contribution is 7.86. The number of fused-ring (bicyclic) bond motifs is 5. The van der Waals surface area contributed by atoms with E-state index in [0.29, 0.717) is 17.3 Å². The van der Waals surface area contributed by atoms with Gasteiger partial charge in [0.2, 0.25) is 0 Å². The quantitative estimate of drug-likeness (QED) is 0.325. The van der Waals surface area contributed by atoms with E-state index in [9.17, 15) is 13.5 Å². The van der Waals surface area contributed by atoms with Crippen molar-refractivity contribution >= 4 is 10.1 Å². The van der Waals surface area contributed by atoms with Crippen molar-refractivity contribution in [3.8, 4) is 5.75 Å². The molecule has 0 saturated heterocycles. The van der Waals surface area contributed by atoms with Gasteiger partial charge in [0.15, 0.2) is 0 Å². The van der Waals surface area contributed by atoms with Crippen LogP contribution in [-0.4, -0.2) is 25.9 Å². The minimum absolute atomic E-state index is 0.0848. The second kappa shape index (κ2) is 11.0. The minimum Gasteiger partial charge on any atom is -0.508 e. The maximum absolute atomic E-state index is 12.4. The topological polar surface area (TPSA) is 63.6 Å².